The lowest BCUT2D eigenvalue weighted by molar-refractivity contribution is -0.138. The summed E-state index contributed by atoms with van der Waals surface area (Å²) in [4.78, 5) is 22.4. The van der Waals surface area contributed by atoms with Crippen LogP contribution in [-0.4, -0.2) is 33.7 Å². The minimum absolute atomic E-state index is 0.0469. The maximum atomic E-state index is 11.7. The molecule has 1 amide bonds. The highest BCUT2D eigenvalue weighted by Gasteiger charge is 2.16. The first kappa shape index (κ1) is 14.2. The molecule has 0 saturated heterocycles. The third kappa shape index (κ3) is 4.99. The number of aromatic amines is 1. The molecule has 18 heavy (non-hydrogen) atoms. The zero-order valence-electron chi connectivity index (χ0n) is 10.6. The number of hydrogen-bond donors (Lipinski definition) is 3. The first-order chi connectivity index (χ1) is 8.49. The molecular formula is C12H19N3O3. The molecule has 0 aliphatic carbocycles. The molecule has 0 aliphatic heterocycles. The van der Waals surface area contributed by atoms with E-state index in [0.717, 1.165) is 6.42 Å². The van der Waals surface area contributed by atoms with Gasteiger partial charge in [-0.25, -0.2) is 0 Å². The monoisotopic (exact) mass is 253 g/mol. The Morgan fingerprint density at radius 2 is 2.22 bits per heavy atom. The van der Waals surface area contributed by atoms with Crippen LogP contribution < -0.4 is 5.32 Å². The first-order valence-electron chi connectivity index (χ1n) is 5.98. The molecule has 100 valence electrons. The van der Waals surface area contributed by atoms with Crippen LogP contribution in [0.25, 0.3) is 0 Å². The van der Waals surface area contributed by atoms with Crippen molar-refractivity contribution in [2.75, 3.05) is 6.54 Å². The number of rotatable bonds is 7. The number of nitrogens with zero attached hydrogens (tertiary/aromatic N) is 1. The number of carbonyl (C=O) groups is 2. The topological polar surface area (TPSA) is 95.1 Å². The summed E-state index contributed by atoms with van der Waals surface area (Å²) in [5, 5.41) is 17.8. The molecule has 1 aromatic rings. The van der Waals surface area contributed by atoms with Crippen LogP contribution >= 0.6 is 0 Å². The number of nitrogens with one attached hydrogen (secondary N) is 2. The molecule has 1 atom stereocenters. The van der Waals surface area contributed by atoms with E-state index in [0.29, 0.717) is 18.2 Å². The van der Waals surface area contributed by atoms with Gasteiger partial charge < -0.3 is 10.4 Å². The van der Waals surface area contributed by atoms with Crippen LogP contribution in [0.4, 0.5) is 0 Å². The summed E-state index contributed by atoms with van der Waals surface area (Å²) in [5.74, 6) is -0.740. The number of carboxylic acid groups (broad SMARTS) is 1. The number of carbonyl (C=O) groups excluding carboxylic acids is 1. The standard InChI is InChI=1S/C12H19N3O3/c1-8(2)5-9(6-11(16)17)7-13-12(18)10-3-4-14-15-10/h3-4,8-9H,5-7H2,1-2H3,(H,13,18)(H,14,15)(H,16,17)/t9-/m0/s1. The van der Waals surface area contributed by atoms with Gasteiger partial charge in [0.05, 0.1) is 0 Å². The molecule has 1 heterocycles. The third-order valence-electron chi connectivity index (χ3n) is 2.56. The van der Waals surface area contributed by atoms with E-state index < -0.39 is 5.97 Å². The zero-order chi connectivity index (χ0) is 13.5. The van der Waals surface area contributed by atoms with Crippen molar-refractivity contribution in [1.29, 1.82) is 0 Å². The molecular weight excluding hydrogens is 234 g/mol. The average molecular weight is 253 g/mol. The van der Waals surface area contributed by atoms with Crippen molar-refractivity contribution in [3.63, 3.8) is 0 Å². The molecule has 0 aromatic carbocycles. The molecule has 0 unspecified atom stereocenters. The molecule has 0 aliphatic rings. The lowest BCUT2D eigenvalue weighted by atomic mass is 9.94. The molecule has 1 rings (SSSR count). The quantitative estimate of drug-likeness (QED) is 0.682. The van der Waals surface area contributed by atoms with E-state index in [-0.39, 0.29) is 18.2 Å². The highest BCUT2D eigenvalue weighted by molar-refractivity contribution is 5.92. The summed E-state index contributed by atoms with van der Waals surface area (Å²) >= 11 is 0. The molecule has 0 spiro atoms. The Kier molecular flexibility index (Phi) is 5.35. The van der Waals surface area contributed by atoms with Gasteiger partial charge >= 0.3 is 5.97 Å². The molecule has 0 saturated carbocycles. The molecule has 6 heteroatoms. The van der Waals surface area contributed by atoms with Crippen LogP contribution in [0.5, 0.6) is 0 Å². The predicted octanol–water partition coefficient (Wildman–Crippen LogP) is 1.28. The zero-order valence-corrected chi connectivity index (χ0v) is 10.6. The van der Waals surface area contributed by atoms with Crippen LogP contribution in [-0.2, 0) is 4.79 Å². The summed E-state index contributed by atoms with van der Waals surface area (Å²) in [7, 11) is 0. The molecule has 0 bridgehead atoms. The van der Waals surface area contributed by atoms with Gasteiger partial charge in [-0.15, -0.1) is 0 Å². The minimum Gasteiger partial charge on any atom is -0.481 e. The smallest absolute Gasteiger partial charge is 0.303 e. The Morgan fingerprint density at radius 3 is 2.72 bits per heavy atom. The maximum absolute atomic E-state index is 11.7. The van der Waals surface area contributed by atoms with E-state index in [1.165, 1.54) is 6.20 Å². The van der Waals surface area contributed by atoms with Gasteiger partial charge in [-0.3, -0.25) is 14.7 Å². The van der Waals surface area contributed by atoms with E-state index in [1.54, 1.807) is 6.07 Å². The molecule has 0 fully saturated rings. The van der Waals surface area contributed by atoms with Crippen LogP contribution in [0.2, 0.25) is 0 Å². The summed E-state index contributed by atoms with van der Waals surface area (Å²) in [5.41, 5.74) is 0.383. The van der Waals surface area contributed by atoms with Crippen molar-refractivity contribution >= 4 is 11.9 Å². The van der Waals surface area contributed by atoms with Crippen LogP contribution in [0.1, 0.15) is 37.2 Å². The Labute approximate surface area is 106 Å². The Bertz CT molecular complexity index is 387. The van der Waals surface area contributed by atoms with Crippen molar-refractivity contribution < 1.29 is 14.7 Å². The highest BCUT2D eigenvalue weighted by atomic mass is 16.4. The van der Waals surface area contributed by atoms with E-state index in [1.807, 2.05) is 13.8 Å². The number of hydrogen-bond acceptors (Lipinski definition) is 3. The highest BCUT2D eigenvalue weighted by Crippen LogP contribution is 2.14. The van der Waals surface area contributed by atoms with Crippen molar-refractivity contribution in [3.05, 3.63) is 18.0 Å². The molecule has 1 aromatic heterocycles. The van der Waals surface area contributed by atoms with Gasteiger partial charge in [-0.1, -0.05) is 13.8 Å². The fourth-order valence-corrected chi connectivity index (χ4v) is 1.87. The van der Waals surface area contributed by atoms with Gasteiger partial charge in [0.2, 0.25) is 0 Å². The van der Waals surface area contributed by atoms with Crippen molar-refractivity contribution in [1.82, 2.24) is 15.5 Å². The first-order valence-corrected chi connectivity index (χ1v) is 5.98. The lowest BCUT2D eigenvalue weighted by Gasteiger charge is -2.17. The van der Waals surface area contributed by atoms with Crippen molar-refractivity contribution in [2.45, 2.75) is 26.7 Å². The van der Waals surface area contributed by atoms with Gasteiger partial charge in [0.25, 0.3) is 5.91 Å². The largest absolute Gasteiger partial charge is 0.481 e. The van der Waals surface area contributed by atoms with Gasteiger partial charge in [-0.2, -0.15) is 5.10 Å². The number of carboxylic acids is 1. The Hall–Kier alpha value is -1.85. The van der Waals surface area contributed by atoms with Gasteiger partial charge in [-0.05, 0) is 24.3 Å². The predicted molar refractivity (Wildman–Crippen MR) is 66.1 cm³/mol. The van der Waals surface area contributed by atoms with E-state index in [4.69, 9.17) is 5.11 Å². The van der Waals surface area contributed by atoms with E-state index in [2.05, 4.69) is 15.5 Å². The van der Waals surface area contributed by atoms with Gasteiger partial charge in [0.1, 0.15) is 5.69 Å². The van der Waals surface area contributed by atoms with Crippen LogP contribution in [0.15, 0.2) is 12.3 Å². The third-order valence-corrected chi connectivity index (χ3v) is 2.56. The Morgan fingerprint density at radius 1 is 1.50 bits per heavy atom. The maximum Gasteiger partial charge on any atom is 0.303 e. The summed E-state index contributed by atoms with van der Waals surface area (Å²) in [6, 6.07) is 1.57. The Balaban J connectivity index is 2.45. The number of amides is 1. The second-order valence-corrected chi connectivity index (χ2v) is 4.77. The SMILES string of the molecule is CC(C)C[C@H](CNC(=O)c1ccn[nH]1)CC(=O)O. The molecule has 6 nitrogen and oxygen atoms in total. The molecule has 0 radical (unpaired) electrons. The second kappa shape index (κ2) is 6.78. The van der Waals surface area contributed by atoms with Crippen molar-refractivity contribution in [3.8, 4) is 0 Å². The second-order valence-electron chi connectivity index (χ2n) is 4.77. The fraction of sp³-hybridized carbons (Fsp3) is 0.583. The summed E-state index contributed by atoms with van der Waals surface area (Å²) < 4.78 is 0. The minimum atomic E-state index is -0.837. The number of aliphatic carboxylic acids is 1. The summed E-state index contributed by atoms with van der Waals surface area (Å²) in [6.07, 6.45) is 2.34. The average Bonchev–Trinajstić information content (AvgIpc) is 2.77. The van der Waals surface area contributed by atoms with Crippen LogP contribution in [0, 0.1) is 11.8 Å². The molecule has 3 N–H and O–H groups in total. The fourth-order valence-electron chi connectivity index (χ4n) is 1.87. The summed E-state index contributed by atoms with van der Waals surface area (Å²) in [6.45, 7) is 4.43. The van der Waals surface area contributed by atoms with Gasteiger partial charge in [0.15, 0.2) is 0 Å². The van der Waals surface area contributed by atoms with E-state index >= 15 is 0 Å². The number of aromatic nitrogens is 2. The van der Waals surface area contributed by atoms with Crippen LogP contribution in [0.3, 0.4) is 0 Å². The van der Waals surface area contributed by atoms with Gasteiger partial charge in [0, 0.05) is 19.2 Å². The lowest BCUT2D eigenvalue weighted by Crippen LogP contribution is -2.31. The van der Waals surface area contributed by atoms with Crippen molar-refractivity contribution in [2.24, 2.45) is 11.8 Å². The normalized spacial score (nSPS) is 12.4. The number of H-pyrrole nitrogens is 1. The van der Waals surface area contributed by atoms with E-state index in [9.17, 15) is 9.59 Å².